The molecule has 1 aromatic carbocycles. The lowest BCUT2D eigenvalue weighted by molar-refractivity contribution is 0.120. The molecular formula is C25H35N5. The summed E-state index contributed by atoms with van der Waals surface area (Å²) < 4.78 is 0. The molecule has 3 aliphatic rings. The van der Waals surface area contributed by atoms with E-state index in [1.807, 2.05) is 0 Å². The Morgan fingerprint density at radius 2 is 1.77 bits per heavy atom. The van der Waals surface area contributed by atoms with E-state index in [-0.39, 0.29) is 0 Å². The number of hydrogen-bond acceptors (Lipinski definition) is 5. The summed E-state index contributed by atoms with van der Waals surface area (Å²) in [5, 5.41) is 0. The molecule has 5 nitrogen and oxygen atoms in total. The van der Waals surface area contributed by atoms with Gasteiger partial charge in [-0.1, -0.05) is 44.5 Å². The lowest BCUT2D eigenvalue weighted by atomic mass is 9.91. The van der Waals surface area contributed by atoms with Crippen molar-refractivity contribution >= 4 is 5.95 Å². The van der Waals surface area contributed by atoms with Crippen molar-refractivity contribution in [3.8, 4) is 0 Å². The van der Waals surface area contributed by atoms with Gasteiger partial charge in [0, 0.05) is 70.0 Å². The number of benzene rings is 1. The van der Waals surface area contributed by atoms with Crippen molar-refractivity contribution in [1.29, 1.82) is 0 Å². The molecule has 0 amide bonds. The summed E-state index contributed by atoms with van der Waals surface area (Å²) in [7, 11) is 0. The summed E-state index contributed by atoms with van der Waals surface area (Å²) in [5.74, 6) is 1.54. The lowest BCUT2D eigenvalue weighted by Crippen LogP contribution is -2.52. The quantitative estimate of drug-likeness (QED) is 0.755. The largest absolute Gasteiger partial charge is 0.338 e. The van der Waals surface area contributed by atoms with Crippen LogP contribution in [-0.2, 0) is 19.5 Å². The Morgan fingerprint density at radius 1 is 1.00 bits per heavy atom. The Balaban J connectivity index is 1.18. The van der Waals surface area contributed by atoms with Gasteiger partial charge in [-0.15, -0.1) is 0 Å². The van der Waals surface area contributed by atoms with Crippen molar-refractivity contribution in [3.05, 3.63) is 52.8 Å². The normalized spacial score (nSPS) is 21.0. The highest BCUT2D eigenvalue weighted by atomic mass is 15.3. The van der Waals surface area contributed by atoms with Gasteiger partial charge in [-0.25, -0.2) is 9.97 Å². The first kappa shape index (κ1) is 20.0. The molecule has 0 radical (unpaired) electrons. The second kappa shape index (κ2) is 8.64. The fraction of sp³-hybridized carbons (Fsp3) is 0.600. The van der Waals surface area contributed by atoms with E-state index in [4.69, 9.17) is 9.97 Å². The summed E-state index contributed by atoms with van der Waals surface area (Å²) in [6, 6.07) is 9.97. The van der Waals surface area contributed by atoms with E-state index >= 15 is 0 Å². The van der Waals surface area contributed by atoms with Crippen LogP contribution in [0.5, 0.6) is 0 Å². The Labute approximate surface area is 181 Å². The third-order valence-electron chi connectivity index (χ3n) is 7.24. The van der Waals surface area contributed by atoms with Crippen LogP contribution >= 0.6 is 0 Å². The van der Waals surface area contributed by atoms with E-state index in [1.165, 1.54) is 41.6 Å². The minimum atomic E-state index is 0.591. The Bertz CT molecular complexity index is 850. The molecule has 5 rings (SSSR count). The highest BCUT2D eigenvalue weighted by Crippen LogP contribution is 2.27. The summed E-state index contributed by atoms with van der Waals surface area (Å²) in [6.45, 7) is 12.0. The summed E-state index contributed by atoms with van der Waals surface area (Å²) in [4.78, 5) is 17.3. The highest BCUT2D eigenvalue weighted by Gasteiger charge is 2.29. The van der Waals surface area contributed by atoms with Crippen LogP contribution in [0.3, 0.4) is 0 Å². The molecule has 1 saturated heterocycles. The number of fused-ring (bicyclic) bond motifs is 1. The first-order valence-electron chi connectivity index (χ1n) is 11.8. The third kappa shape index (κ3) is 4.23. The standard InChI is InChI=1S/C25H35N5/c1-19(2)21-8-6-20(7-9-21)17-28-11-10-24-22(18-28)16-26-25(27-24)30-14-12-29(13-15-30)23-4-3-5-23/h6-9,16,19,23H,3-5,10-15,17-18H2,1-2H3. The number of aromatic nitrogens is 2. The molecule has 160 valence electrons. The topological polar surface area (TPSA) is 35.5 Å². The van der Waals surface area contributed by atoms with Gasteiger partial charge >= 0.3 is 0 Å². The molecule has 0 atom stereocenters. The van der Waals surface area contributed by atoms with Crippen LogP contribution < -0.4 is 4.90 Å². The Kier molecular flexibility index (Phi) is 5.74. The fourth-order valence-electron chi connectivity index (χ4n) is 4.96. The zero-order valence-corrected chi connectivity index (χ0v) is 18.6. The first-order chi connectivity index (χ1) is 14.7. The summed E-state index contributed by atoms with van der Waals surface area (Å²) in [5.41, 5.74) is 5.37. The van der Waals surface area contributed by atoms with Crippen LogP contribution in [0.1, 0.15) is 61.4 Å². The molecule has 30 heavy (non-hydrogen) atoms. The zero-order valence-electron chi connectivity index (χ0n) is 18.6. The van der Waals surface area contributed by atoms with Crippen LogP contribution in [0.25, 0.3) is 0 Å². The van der Waals surface area contributed by atoms with Crippen LogP contribution in [-0.4, -0.2) is 58.5 Å². The number of nitrogens with zero attached hydrogens (tertiary/aromatic N) is 5. The SMILES string of the molecule is CC(C)c1ccc(CN2CCc3nc(N4CCN(C5CCC5)CC4)ncc3C2)cc1. The molecular weight excluding hydrogens is 370 g/mol. The van der Waals surface area contributed by atoms with Gasteiger partial charge in [-0.05, 0) is 29.9 Å². The monoisotopic (exact) mass is 405 g/mol. The predicted octanol–water partition coefficient (Wildman–Crippen LogP) is 3.83. The molecule has 3 heterocycles. The molecule has 1 aromatic heterocycles. The number of anilines is 1. The summed E-state index contributed by atoms with van der Waals surface area (Å²) >= 11 is 0. The minimum Gasteiger partial charge on any atom is -0.338 e. The molecule has 2 aliphatic heterocycles. The van der Waals surface area contributed by atoms with Crippen molar-refractivity contribution in [2.45, 2.75) is 64.6 Å². The van der Waals surface area contributed by atoms with Gasteiger partial charge in [-0.3, -0.25) is 9.80 Å². The van der Waals surface area contributed by atoms with Crippen LogP contribution in [0.2, 0.25) is 0 Å². The number of rotatable bonds is 5. The van der Waals surface area contributed by atoms with Gasteiger partial charge in [0.15, 0.2) is 0 Å². The fourth-order valence-corrected chi connectivity index (χ4v) is 4.96. The van der Waals surface area contributed by atoms with Gasteiger partial charge in [0.2, 0.25) is 5.95 Å². The van der Waals surface area contributed by atoms with Crippen molar-refractivity contribution in [2.75, 3.05) is 37.6 Å². The maximum atomic E-state index is 4.98. The van der Waals surface area contributed by atoms with Gasteiger partial charge in [0.25, 0.3) is 0 Å². The molecule has 1 aliphatic carbocycles. The smallest absolute Gasteiger partial charge is 0.225 e. The molecule has 5 heteroatoms. The second-order valence-corrected chi connectivity index (χ2v) is 9.61. The van der Waals surface area contributed by atoms with Crippen LogP contribution in [0, 0.1) is 0 Å². The molecule has 2 fully saturated rings. The molecule has 1 saturated carbocycles. The zero-order chi connectivity index (χ0) is 20.5. The van der Waals surface area contributed by atoms with Crippen LogP contribution in [0.4, 0.5) is 5.95 Å². The number of hydrogen-bond donors (Lipinski definition) is 0. The van der Waals surface area contributed by atoms with Crippen LogP contribution in [0.15, 0.2) is 30.5 Å². The van der Waals surface area contributed by atoms with Gasteiger partial charge < -0.3 is 4.90 Å². The average Bonchev–Trinajstić information content (AvgIpc) is 2.73. The van der Waals surface area contributed by atoms with Crippen molar-refractivity contribution in [1.82, 2.24) is 19.8 Å². The first-order valence-corrected chi connectivity index (χ1v) is 11.8. The van der Waals surface area contributed by atoms with Crippen molar-refractivity contribution in [2.24, 2.45) is 0 Å². The molecule has 0 N–H and O–H groups in total. The lowest BCUT2D eigenvalue weighted by Gasteiger charge is -2.43. The van der Waals surface area contributed by atoms with Crippen molar-refractivity contribution in [3.63, 3.8) is 0 Å². The van der Waals surface area contributed by atoms with Gasteiger partial charge in [0.05, 0.1) is 5.69 Å². The average molecular weight is 406 g/mol. The van der Waals surface area contributed by atoms with E-state index in [9.17, 15) is 0 Å². The van der Waals surface area contributed by atoms with E-state index in [0.29, 0.717) is 5.92 Å². The maximum Gasteiger partial charge on any atom is 0.225 e. The van der Waals surface area contributed by atoms with E-state index < -0.39 is 0 Å². The van der Waals surface area contributed by atoms with Gasteiger partial charge in [0.1, 0.15) is 0 Å². The molecule has 0 spiro atoms. The minimum absolute atomic E-state index is 0.591. The van der Waals surface area contributed by atoms with E-state index in [2.05, 4.69) is 59.0 Å². The Morgan fingerprint density at radius 3 is 2.43 bits per heavy atom. The highest BCUT2D eigenvalue weighted by molar-refractivity contribution is 5.35. The maximum absolute atomic E-state index is 4.98. The molecule has 2 aromatic rings. The summed E-state index contributed by atoms with van der Waals surface area (Å²) in [6.07, 6.45) is 7.32. The van der Waals surface area contributed by atoms with Crippen molar-refractivity contribution < 1.29 is 0 Å². The Hall–Kier alpha value is -1.98. The number of piperazine rings is 1. The van der Waals surface area contributed by atoms with Gasteiger partial charge in [-0.2, -0.15) is 0 Å². The predicted molar refractivity (Wildman–Crippen MR) is 122 cm³/mol. The van der Waals surface area contributed by atoms with E-state index in [0.717, 1.165) is 64.2 Å². The molecule has 0 bridgehead atoms. The molecule has 0 unspecified atom stereocenters. The second-order valence-electron chi connectivity index (χ2n) is 9.61. The van der Waals surface area contributed by atoms with E-state index in [1.54, 1.807) is 0 Å². The third-order valence-corrected chi connectivity index (χ3v) is 7.24.